The normalized spacial score (nSPS) is 12.3. The van der Waals surface area contributed by atoms with Crippen LogP contribution in [0.4, 0.5) is 4.39 Å². The van der Waals surface area contributed by atoms with Crippen LogP contribution in [0.5, 0.6) is 0 Å². The van der Waals surface area contributed by atoms with Crippen molar-refractivity contribution >= 4 is 11.6 Å². The summed E-state index contributed by atoms with van der Waals surface area (Å²) in [7, 11) is 0. The number of halogens is 2. The van der Waals surface area contributed by atoms with Gasteiger partial charge in [0.05, 0.1) is 25.9 Å². The molecule has 3 aromatic rings. The van der Waals surface area contributed by atoms with E-state index >= 15 is 0 Å². The number of aliphatic hydroxyl groups is 1. The van der Waals surface area contributed by atoms with Gasteiger partial charge in [-0.3, -0.25) is 0 Å². The fourth-order valence-corrected chi connectivity index (χ4v) is 2.40. The predicted octanol–water partition coefficient (Wildman–Crippen LogP) is 2.87. The third kappa shape index (κ3) is 4.78. The van der Waals surface area contributed by atoms with Crippen molar-refractivity contribution in [3.8, 4) is 11.5 Å². The fraction of sp³-hybridized carbons (Fsp3) is 0.222. The second kappa shape index (κ2) is 8.27. The van der Waals surface area contributed by atoms with Crippen molar-refractivity contribution in [3.05, 3.63) is 75.5 Å². The molecule has 26 heavy (non-hydrogen) atoms. The Kier molecular flexibility index (Phi) is 5.82. The van der Waals surface area contributed by atoms with Gasteiger partial charge in [0.2, 0.25) is 5.89 Å². The second-order valence-corrected chi connectivity index (χ2v) is 6.09. The number of aromatic nitrogens is 2. The van der Waals surface area contributed by atoms with Gasteiger partial charge in [-0.15, -0.1) is 5.10 Å². The monoisotopic (exact) mass is 378 g/mol. The van der Waals surface area contributed by atoms with Gasteiger partial charge in [0.25, 0.3) is 0 Å². The summed E-state index contributed by atoms with van der Waals surface area (Å²) in [5.41, 5.74) is 1.38. The minimum absolute atomic E-state index is 0.0216. The van der Waals surface area contributed by atoms with Gasteiger partial charge in [-0.05, 0) is 42.0 Å². The van der Waals surface area contributed by atoms with Crippen LogP contribution in [0.25, 0.3) is 11.5 Å². The van der Waals surface area contributed by atoms with Crippen LogP contribution < -0.4 is 5.76 Å². The van der Waals surface area contributed by atoms with Crippen molar-refractivity contribution in [2.45, 2.75) is 19.3 Å². The summed E-state index contributed by atoms with van der Waals surface area (Å²) >= 11 is 5.81. The highest BCUT2D eigenvalue weighted by molar-refractivity contribution is 6.30. The summed E-state index contributed by atoms with van der Waals surface area (Å²) in [6.07, 6.45) is -0.939. The van der Waals surface area contributed by atoms with E-state index in [9.17, 15) is 14.3 Å². The highest BCUT2D eigenvalue weighted by Crippen LogP contribution is 2.15. The molecule has 0 fully saturated rings. The first-order valence-electron chi connectivity index (χ1n) is 7.85. The molecule has 0 saturated carbocycles. The molecule has 0 unspecified atom stereocenters. The number of rotatable bonds is 7. The van der Waals surface area contributed by atoms with Gasteiger partial charge >= 0.3 is 5.76 Å². The Morgan fingerprint density at radius 3 is 2.58 bits per heavy atom. The van der Waals surface area contributed by atoms with Crippen molar-refractivity contribution in [3.63, 3.8) is 0 Å². The van der Waals surface area contributed by atoms with E-state index in [1.165, 1.54) is 24.3 Å². The fourth-order valence-electron chi connectivity index (χ4n) is 2.28. The first kappa shape index (κ1) is 18.3. The Labute approximate surface area is 153 Å². The number of hydrogen-bond donors (Lipinski definition) is 1. The Bertz CT molecular complexity index is 906. The summed E-state index contributed by atoms with van der Waals surface area (Å²) in [6, 6.07) is 12.6. The number of aliphatic hydroxyl groups excluding tert-OH is 1. The van der Waals surface area contributed by atoms with Crippen molar-refractivity contribution in [2.75, 3.05) is 6.61 Å². The third-order valence-corrected chi connectivity index (χ3v) is 3.83. The maximum Gasteiger partial charge on any atom is 0.437 e. The van der Waals surface area contributed by atoms with Crippen molar-refractivity contribution in [1.29, 1.82) is 0 Å². The topological polar surface area (TPSA) is 77.5 Å². The van der Waals surface area contributed by atoms with Crippen LogP contribution in [-0.4, -0.2) is 27.6 Å². The minimum Gasteiger partial charge on any atom is -0.389 e. The molecule has 1 heterocycles. The minimum atomic E-state index is -0.939. The van der Waals surface area contributed by atoms with Crippen LogP contribution in [0.1, 0.15) is 5.56 Å². The van der Waals surface area contributed by atoms with E-state index < -0.39 is 17.7 Å². The standard InChI is InChI=1S/C18H16ClFN2O4/c19-14-5-1-12(2-6-14)10-25-11-16(23)9-22-18(24)26-17(21-22)13-3-7-15(20)8-4-13/h1-8,16,23H,9-11H2/t16-/m0/s1. The first-order chi connectivity index (χ1) is 12.5. The van der Waals surface area contributed by atoms with Crippen molar-refractivity contribution in [1.82, 2.24) is 9.78 Å². The molecule has 0 radical (unpaired) electrons. The van der Waals surface area contributed by atoms with Gasteiger partial charge in [0.15, 0.2) is 0 Å². The summed E-state index contributed by atoms with van der Waals surface area (Å²) in [6.45, 7) is 0.251. The molecule has 6 nitrogen and oxygen atoms in total. The zero-order valence-electron chi connectivity index (χ0n) is 13.6. The van der Waals surface area contributed by atoms with Crippen LogP contribution in [0.3, 0.4) is 0 Å². The molecule has 0 saturated heterocycles. The SMILES string of the molecule is O=c1oc(-c2ccc(F)cc2)nn1C[C@H](O)COCc1ccc(Cl)cc1. The van der Waals surface area contributed by atoms with Crippen LogP contribution >= 0.6 is 11.6 Å². The highest BCUT2D eigenvalue weighted by Gasteiger charge is 2.14. The number of hydrogen-bond acceptors (Lipinski definition) is 5. The molecular formula is C18H16ClFN2O4. The Balaban J connectivity index is 1.55. The van der Waals surface area contributed by atoms with Crippen LogP contribution in [0.15, 0.2) is 57.7 Å². The van der Waals surface area contributed by atoms with E-state index in [-0.39, 0.29) is 19.0 Å². The maximum atomic E-state index is 12.9. The Morgan fingerprint density at radius 1 is 1.19 bits per heavy atom. The Hall–Kier alpha value is -2.48. The molecule has 1 N–H and O–H groups in total. The van der Waals surface area contributed by atoms with Crippen molar-refractivity contribution in [2.24, 2.45) is 0 Å². The van der Waals surface area contributed by atoms with E-state index in [1.54, 1.807) is 12.1 Å². The maximum absolute atomic E-state index is 12.9. The third-order valence-electron chi connectivity index (χ3n) is 3.57. The lowest BCUT2D eigenvalue weighted by molar-refractivity contribution is 0.0178. The van der Waals surface area contributed by atoms with Gasteiger partial charge in [0, 0.05) is 10.6 Å². The van der Waals surface area contributed by atoms with E-state index in [0.717, 1.165) is 10.2 Å². The number of benzene rings is 2. The van der Waals surface area contributed by atoms with Gasteiger partial charge in [-0.25, -0.2) is 9.18 Å². The molecule has 1 atom stereocenters. The molecular weight excluding hydrogens is 363 g/mol. The zero-order valence-corrected chi connectivity index (χ0v) is 14.4. The summed E-state index contributed by atoms with van der Waals surface area (Å²) in [5, 5.41) is 14.7. The molecule has 136 valence electrons. The molecule has 3 rings (SSSR count). The zero-order chi connectivity index (χ0) is 18.5. The van der Waals surface area contributed by atoms with Crippen LogP contribution in [-0.2, 0) is 17.9 Å². The van der Waals surface area contributed by atoms with Crippen molar-refractivity contribution < 1.29 is 18.7 Å². The lowest BCUT2D eigenvalue weighted by Gasteiger charge is -2.10. The molecule has 0 amide bonds. The largest absolute Gasteiger partial charge is 0.437 e. The molecule has 8 heteroatoms. The van der Waals surface area contributed by atoms with E-state index in [0.29, 0.717) is 17.2 Å². The van der Waals surface area contributed by atoms with E-state index in [2.05, 4.69) is 5.10 Å². The molecule has 0 aliphatic carbocycles. The summed E-state index contributed by atoms with van der Waals surface area (Å²) in [4.78, 5) is 11.8. The molecule has 0 aliphatic heterocycles. The number of nitrogens with zero attached hydrogens (tertiary/aromatic N) is 2. The lowest BCUT2D eigenvalue weighted by atomic mass is 10.2. The second-order valence-electron chi connectivity index (χ2n) is 5.66. The molecule has 0 spiro atoms. The predicted molar refractivity (Wildman–Crippen MR) is 93.3 cm³/mol. The molecule has 0 bridgehead atoms. The summed E-state index contributed by atoms with van der Waals surface area (Å²) in [5.74, 6) is -1.05. The first-order valence-corrected chi connectivity index (χ1v) is 8.23. The van der Waals surface area contributed by atoms with E-state index in [1.807, 2.05) is 12.1 Å². The average molecular weight is 379 g/mol. The average Bonchev–Trinajstić information content (AvgIpc) is 2.98. The molecule has 1 aromatic heterocycles. The summed E-state index contributed by atoms with van der Waals surface area (Å²) < 4.78 is 24.4. The Morgan fingerprint density at radius 2 is 1.88 bits per heavy atom. The van der Waals surface area contributed by atoms with Gasteiger partial charge in [-0.1, -0.05) is 23.7 Å². The van der Waals surface area contributed by atoms with Crippen LogP contribution in [0.2, 0.25) is 5.02 Å². The van der Waals surface area contributed by atoms with Crippen LogP contribution in [0, 0.1) is 5.82 Å². The quantitative estimate of drug-likeness (QED) is 0.684. The van der Waals surface area contributed by atoms with E-state index in [4.69, 9.17) is 20.8 Å². The molecule has 0 aliphatic rings. The lowest BCUT2D eigenvalue weighted by Crippen LogP contribution is -2.28. The highest BCUT2D eigenvalue weighted by atomic mass is 35.5. The van der Waals surface area contributed by atoms with Gasteiger partial charge in [0.1, 0.15) is 5.82 Å². The molecule has 2 aromatic carbocycles. The van der Waals surface area contributed by atoms with Gasteiger partial charge in [-0.2, -0.15) is 4.68 Å². The van der Waals surface area contributed by atoms with Gasteiger partial charge < -0.3 is 14.3 Å². The number of ether oxygens (including phenoxy) is 1. The smallest absolute Gasteiger partial charge is 0.389 e.